The number of imidazole rings is 1. The van der Waals surface area contributed by atoms with Crippen LogP contribution < -0.4 is 5.32 Å². The van der Waals surface area contributed by atoms with E-state index in [4.69, 9.17) is 20.8 Å². The Hall–Kier alpha value is -3.19. The van der Waals surface area contributed by atoms with Crippen molar-refractivity contribution in [2.45, 2.75) is 31.5 Å². The monoisotopic (exact) mass is 447 g/mol. The van der Waals surface area contributed by atoms with E-state index in [1.165, 1.54) is 35.4 Å². The molecular weight excluding hydrogens is 433 g/mol. The van der Waals surface area contributed by atoms with Gasteiger partial charge in [-0.15, -0.1) is 10.2 Å². The van der Waals surface area contributed by atoms with Crippen molar-refractivity contribution in [2.24, 2.45) is 0 Å². The molecular formula is C18H15ClFN7O4. The highest BCUT2D eigenvalue weighted by atomic mass is 35.5. The number of anilines is 2. The molecule has 0 amide bonds. The van der Waals surface area contributed by atoms with Gasteiger partial charge in [0.2, 0.25) is 11.8 Å². The summed E-state index contributed by atoms with van der Waals surface area (Å²) in [5, 5.41) is 31.7. The van der Waals surface area contributed by atoms with Gasteiger partial charge in [0.1, 0.15) is 24.4 Å². The number of nitrogens with one attached hydrogen (secondary N) is 1. The Bertz CT molecular complexity index is 1260. The van der Waals surface area contributed by atoms with Crippen LogP contribution in [0.4, 0.5) is 15.9 Å². The number of nitrogens with zero attached hydrogens (tertiary/aromatic N) is 6. The van der Waals surface area contributed by atoms with Crippen LogP contribution in [0.15, 0.2) is 35.3 Å². The molecule has 0 radical (unpaired) electrons. The summed E-state index contributed by atoms with van der Waals surface area (Å²) in [5.74, 6) is 0.0250. The zero-order valence-electron chi connectivity index (χ0n) is 15.8. The first-order chi connectivity index (χ1) is 14.9. The first-order valence-corrected chi connectivity index (χ1v) is 9.51. The van der Waals surface area contributed by atoms with Gasteiger partial charge in [-0.05, 0) is 18.2 Å². The third kappa shape index (κ3) is 3.39. The number of rotatable bonds is 4. The second-order valence-electron chi connectivity index (χ2n) is 6.88. The fourth-order valence-corrected chi connectivity index (χ4v) is 3.53. The number of halogens is 2. The maximum atomic E-state index is 14.2. The minimum Gasteiger partial charge on any atom is -0.423 e. The highest BCUT2D eigenvalue weighted by molar-refractivity contribution is 6.30. The number of aryl methyl sites for hydroxylation is 1. The number of ether oxygens (including phenoxy) is 1. The van der Waals surface area contributed by atoms with Gasteiger partial charge in [0.15, 0.2) is 29.3 Å². The topological polar surface area (TPSA) is 144 Å². The highest BCUT2D eigenvalue weighted by Gasteiger charge is 2.47. The Morgan fingerprint density at radius 1 is 1.16 bits per heavy atom. The summed E-state index contributed by atoms with van der Waals surface area (Å²) in [7, 11) is 0. The van der Waals surface area contributed by atoms with Crippen LogP contribution in [0.5, 0.6) is 0 Å². The minimum absolute atomic E-state index is 0.0474. The van der Waals surface area contributed by atoms with Crippen molar-refractivity contribution in [1.29, 1.82) is 0 Å². The molecule has 11 nitrogen and oxygen atoms in total. The van der Waals surface area contributed by atoms with E-state index >= 15 is 0 Å². The van der Waals surface area contributed by atoms with Crippen molar-refractivity contribution >= 4 is 34.3 Å². The van der Waals surface area contributed by atoms with Gasteiger partial charge in [-0.3, -0.25) is 4.57 Å². The normalized spacial score (nSPS) is 23.5. The molecule has 1 aliphatic rings. The van der Waals surface area contributed by atoms with E-state index in [0.717, 1.165) is 0 Å². The number of benzene rings is 1. The van der Waals surface area contributed by atoms with Crippen molar-refractivity contribution in [2.75, 3.05) is 5.32 Å². The lowest BCUT2D eigenvalue weighted by Crippen LogP contribution is -2.29. The second-order valence-corrected chi connectivity index (χ2v) is 7.32. The van der Waals surface area contributed by atoms with Gasteiger partial charge in [0.05, 0.1) is 12.0 Å². The van der Waals surface area contributed by atoms with E-state index in [1.807, 2.05) is 0 Å². The molecule has 4 heterocycles. The zero-order valence-corrected chi connectivity index (χ0v) is 16.6. The number of hydrogen-bond donors (Lipinski definition) is 3. The molecule has 4 atom stereocenters. The number of hydrogen-bond acceptors (Lipinski definition) is 10. The number of aromatic nitrogens is 6. The lowest BCUT2D eigenvalue weighted by atomic mass is 10.1. The van der Waals surface area contributed by atoms with Crippen LogP contribution in [0.2, 0.25) is 5.02 Å². The van der Waals surface area contributed by atoms with Crippen LogP contribution in [-0.2, 0) is 4.74 Å². The van der Waals surface area contributed by atoms with Crippen LogP contribution in [0.3, 0.4) is 0 Å². The molecule has 31 heavy (non-hydrogen) atoms. The van der Waals surface area contributed by atoms with Gasteiger partial charge in [0, 0.05) is 11.9 Å². The summed E-state index contributed by atoms with van der Waals surface area (Å²) in [5.41, 5.74) is 0.753. The Morgan fingerprint density at radius 2 is 2.00 bits per heavy atom. The Morgan fingerprint density at radius 3 is 2.74 bits per heavy atom. The van der Waals surface area contributed by atoms with E-state index in [2.05, 4.69) is 30.5 Å². The predicted octanol–water partition coefficient (Wildman–Crippen LogP) is 2.05. The summed E-state index contributed by atoms with van der Waals surface area (Å²) in [6.07, 6.45) is -2.06. The third-order valence-corrected chi connectivity index (χ3v) is 5.08. The molecule has 0 saturated carbocycles. The molecule has 160 valence electrons. The molecule has 1 fully saturated rings. The van der Waals surface area contributed by atoms with E-state index in [1.54, 1.807) is 6.92 Å². The van der Waals surface area contributed by atoms with Gasteiger partial charge >= 0.3 is 0 Å². The number of fused-ring (bicyclic) bond motifs is 1. The fourth-order valence-electron chi connectivity index (χ4n) is 3.37. The highest BCUT2D eigenvalue weighted by Crippen LogP contribution is 2.39. The van der Waals surface area contributed by atoms with Gasteiger partial charge in [-0.1, -0.05) is 11.6 Å². The molecule has 0 aliphatic carbocycles. The van der Waals surface area contributed by atoms with E-state index in [9.17, 15) is 14.6 Å². The standard InChI is InChI=1S/C18H15ClFN7O4/c1-7-25-26-17(30-7)14-12(28)13(29)18(31-14)27-6-23-11-15(21-5-22-16(11)27)24-10-3-2-8(19)4-9(10)20/h2-6,12-14,18,28-29H,1H3,(H,21,22,24)/t12-,13+,14-,18+/m0/s1. The summed E-state index contributed by atoms with van der Waals surface area (Å²) in [6, 6.07) is 4.18. The van der Waals surface area contributed by atoms with Crippen LogP contribution in [0, 0.1) is 12.7 Å². The zero-order chi connectivity index (χ0) is 21.7. The molecule has 1 saturated heterocycles. The van der Waals surface area contributed by atoms with E-state index in [0.29, 0.717) is 17.1 Å². The summed E-state index contributed by atoms with van der Waals surface area (Å²) in [4.78, 5) is 12.6. The quantitative estimate of drug-likeness (QED) is 0.425. The van der Waals surface area contributed by atoms with Gasteiger partial charge in [0.25, 0.3) is 0 Å². The van der Waals surface area contributed by atoms with Crippen molar-refractivity contribution in [3.05, 3.63) is 53.5 Å². The average molecular weight is 448 g/mol. The van der Waals surface area contributed by atoms with Crippen LogP contribution in [0.25, 0.3) is 11.2 Å². The predicted molar refractivity (Wildman–Crippen MR) is 104 cm³/mol. The molecule has 1 aliphatic heterocycles. The molecule has 4 aromatic rings. The molecule has 5 rings (SSSR count). The molecule has 1 aromatic carbocycles. The molecule has 3 aromatic heterocycles. The first kappa shape index (κ1) is 19.8. The Labute approximate surface area is 178 Å². The lowest BCUT2D eigenvalue weighted by molar-refractivity contribution is -0.0439. The minimum atomic E-state index is -1.32. The molecule has 13 heteroatoms. The number of aliphatic hydroxyl groups excluding tert-OH is 2. The number of aliphatic hydroxyl groups is 2. The maximum absolute atomic E-state index is 14.2. The van der Waals surface area contributed by atoms with Gasteiger partial charge in [-0.25, -0.2) is 19.3 Å². The average Bonchev–Trinajstić information content (AvgIpc) is 3.43. The van der Waals surface area contributed by atoms with Crippen molar-refractivity contribution in [3.8, 4) is 0 Å². The molecule has 0 unspecified atom stereocenters. The van der Waals surface area contributed by atoms with E-state index in [-0.39, 0.29) is 22.4 Å². The first-order valence-electron chi connectivity index (χ1n) is 9.13. The van der Waals surface area contributed by atoms with Gasteiger partial charge in [-0.2, -0.15) is 0 Å². The largest absolute Gasteiger partial charge is 0.423 e. The van der Waals surface area contributed by atoms with Crippen molar-refractivity contribution in [1.82, 2.24) is 29.7 Å². The summed E-state index contributed by atoms with van der Waals surface area (Å²) in [6.45, 7) is 1.60. The van der Waals surface area contributed by atoms with E-state index < -0.39 is 30.4 Å². The van der Waals surface area contributed by atoms with Crippen LogP contribution in [-0.4, -0.2) is 52.1 Å². The third-order valence-electron chi connectivity index (χ3n) is 4.84. The lowest BCUT2D eigenvalue weighted by Gasteiger charge is -2.16. The fraction of sp³-hybridized carbons (Fsp3) is 0.278. The van der Waals surface area contributed by atoms with Crippen LogP contribution in [0.1, 0.15) is 24.1 Å². The van der Waals surface area contributed by atoms with Crippen molar-refractivity contribution < 1.29 is 23.8 Å². The molecule has 0 spiro atoms. The van der Waals surface area contributed by atoms with Crippen molar-refractivity contribution in [3.63, 3.8) is 0 Å². The maximum Gasteiger partial charge on any atom is 0.248 e. The van der Waals surface area contributed by atoms with Crippen LogP contribution >= 0.6 is 11.6 Å². The Balaban J connectivity index is 1.48. The van der Waals surface area contributed by atoms with Gasteiger partial charge < -0.3 is 24.7 Å². The smallest absolute Gasteiger partial charge is 0.248 e. The molecule has 0 bridgehead atoms. The summed E-state index contributed by atoms with van der Waals surface area (Å²) < 4.78 is 26.7. The SMILES string of the molecule is Cc1nnc([C@H]2O[C@@H](n3cnc4c(Nc5ccc(Cl)cc5F)ncnc43)[C@H](O)[C@@H]2O)o1. The Kier molecular flexibility index (Phi) is 4.78. The summed E-state index contributed by atoms with van der Waals surface area (Å²) >= 11 is 5.79. The molecule has 3 N–H and O–H groups in total. The second kappa shape index (κ2) is 7.50.